The van der Waals surface area contributed by atoms with Crippen LogP contribution in [0.4, 0.5) is 0 Å². The molecule has 1 N–H and O–H groups in total. The summed E-state index contributed by atoms with van der Waals surface area (Å²) in [6.07, 6.45) is 0. The van der Waals surface area contributed by atoms with Crippen molar-refractivity contribution in [1.29, 1.82) is 0 Å². The first-order valence-corrected chi connectivity index (χ1v) is 9.39. The number of fused-ring (bicyclic) bond motifs is 1. The van der Waals surface area contributed by atoms with Gasteiger partial charge in [0.2, 0.25) is 5.82 Å². The van der Waals surface area contributed by atoms with E-state index in [4.69, 9.17) is 25.3 Å². The van der Waals surface area contributed by atoms with Gasteiger partial charge in [-0.1, -0.05) is 35.0 Å². The molecule has 4 aromatic rings. The molecule has 0 atom stereocenters. The Labute approximate surface area is 175 Å². The first kappa shape index (κ1) is 19.7. The Balaban J connectivity index is 1.38. The van der Waals surface area contributed by atoms with Gasteiger partial charge in [0.15, 0.2) is 6.61 Å². The van der Waals surface area contributed by atoms with E-state index in [1.54, 1.807) is 24.3 Å². The standard InChI is InChI=1S/C21H16ClN3O5/c1-12-8-19(26)29-17-9-14(6-7-15(12)17)28-11-18-24-21(30-25-18)20(27)23-10-13-4-2-3-5-16(13)22/h2-9H,10-11H2,1H3,(H,23,27). The molecular formula is C21H16ClN3O5. The molecule has 0 unspecified atom stereocenters. The lowest BCUT2D eigenvalue weighted by molar-refractivity contribution is 0.0907. The Morgan fingerprint density at radius 1 is 1.20 bits per heavy atom. The summed E-state index contributed by atoms with van der Waals surface area (Å²) in [5, 5.41) is 7.79. The van der Waals surface area contributed by atoms with Crippen LogP contribution in [0.25, 0.3) is 11.0 Å². The van der Waals surface area contributed by atoms with Crippen molar-refractivity contribution in [3.8, 4) is 5.75 Å². The zero-order chi connectivity index (χ0) is 21.1. The van der Waals surface area contributed by atoms with Gasteiger partial charge in [0.25, 0.3) is 0 Å². The van der Waals surface area contributed by atoms with Gasteiger partial charge in [0, 0.05) is 29.1 Å². The topological polar surface area (TPSA) is 107 Å². The number of nitrogens with one attached hydrogen (secondary N) is 1. The van der Waals surface area contributed by atoms with Crippen molar-refractivity contribution in [3.05, 3.63) is 86.8 Å². The van der Waals surface area contributed by atoms with Gasteiger partial charge >= 0.3 is 17.4 Å². The van der Waals surface area contributed by atoms with Crippen LogP contribution in [0.2, 0.25) is 5.02 Å². The highest BCUT2D eigenvalue weighted by Crippen LogP contribution is 2.22. The highest BCUT2D eigenvalue weighted by molar-refractivity contribution is 6.31. The first-order chi connectivity index (χ1) is 14.5. The average Bonchev–Trinajstić information content (AvgIpc) is 3.20. The van der Waals surface area contributed by atoms with Crippen LogP contribution < -0.4 is 15.7 Å². The summed E-state index contributed by atoms with van der Waals surface area (Å²) in [5.41, 5.74) is 1.58. The van der Waals surface area contributed by atoms with Crippen LogP contribution in [0.3, 0.4) is 0 Å². The Morgan fingerprint density at radius 3 is 2.87 bits per heavy atom. The summed E-state index contributed by atoms with van der Waals surface area (Å²) in [5.74, 6) is -0.0353. The number of hydrogen-bond acceptors (Lipinski definition) is 7. The van der Waals surface area contributed by atoms with Crippen molar-refractivity contribution in [2.24, 2.45) is 0 Å². The number of amides is 1. The number of benzene rings is 2. The van der Waals surface area contributed by atoms with Gasteiger partial charge in [-0.25, -0.2) is 4.79 Å². The number of aromatic nitrogens is 2. The number of aryl methyl sites for hydroxylation is 1. The molecule has 0 spiro atoms. The summed E-state index contributed by atoms with van der Waals surface area (Å²) >= 11 is 6.07. The molecular weight excluding hydrogens is 410 g/mol. The smallest absolute Gasteiger partial charge is 0.336 e. The van der Waals surface area contributed by atoms with E-state index in [9.17, 15) is 9.59 Å². The zero-order valence-electron chi connectivity index (χ0n) is 15.8. The molecule has 0 fully saturated rings. The fourth-order valence-corrected chi connectivity index (χ4v) is 3.04. The average molecular weight is 426 g/mol. The fourth-order valence-electron chi connectivity index (χ4n) is 2.84. The van der Waals surface area contributed by atoms with E-state index in [1.165, 1.54) is 6.07 Å². The maximum absolute atomic E-state index is 12.2. The van der Waals surface area contributed by atoms with Gasteiger partial charge in [-0.3, -0.25) is 4.79 Å². The Bertz CT molecular complexity index is 1280. The third kappa shape index (κ3) is 4.33. The highest BCUT2D eigenvalue weighted by atomic mass is 35.5. The number of nitrogens with zero attached hydrogens (tertiary/aromatic N) is 2. The predicted molar refractivity (Wildman–Crippen MR) is 108 cm³/mol. The fraction of sp³-hybridized carbons (Fsp3) is 0.143. The number of rotatable bonds is 6. The Morgan fingerprint density at radius 2 is 2.03 bits per heavy atom. The van der Waals surface area contributed by atoms with E-state index in [2.05, 4.69) is 15.5 Å². The van der Waals surface area contributed by atoms with E-state index < -0.39 is 11.5 Å². The summed E-state index contributed by atoms with van der Waals surface area (Å²) < 4.78 is 15.8. The SMILES string of the molecule is Cc1cc(=O)oc2cc(OCc3noc(C(=O)NCc4ccccc4Cl)n3)ccc12. The maximum Gasteiger partial charge on any atom is 0.336 e. The molecule has 1 amide bonds. The minimum Gasteiger partial charge on any atom is -0.485 e. The van der Waals surface area contributed by atoms with Gasteiger partial charge in [0.05, 0.1) is 0 Å². The number of halogens is 1. The van der Waals surface area contributed by atoms with E-state index in [0.29, 0.717) is 16.4 Å². The Kier molecular flexibility index (Phi) is 5.49. The molecule has 0 radical (unpaired) electrons. The van der Waals surface area contributed by atoms with Crippen molar-refractivity contribution in [2.45, 2.75) is 20.1 Å². The van der Waals surface area contributed by atoms with Crippen molar-refractivity contribution in [3.63, 3.8) is 0 Å². The van der Waals surface area contributed by atoms with E-state index in [-0.39, 0.29) is 24.9 Å². The number of carbonyl (C=O) groups is 1. The molecule has 2 heterocycles. The second-order valence-electron chi connectivity index (χ2n) is 6.48. The van der Waals surface area contributed by atoms with Crippen LogP contribution in [0.5, 0.6) is 5.75 Å². The van der Waals surface area contributed by atoms with Crippen LogP contribution >= 0.6 is 11.6 Å². The van der Waals surface area contributed by atoms with Crippen LogP contribution in [0.1, 0.15) is 27.6 Å². The Hall–Kier alpha value is -3.65. The van der Waals surface area contributed by atoms with Crippen LogP contribution in [-0.2, 0) is 13.2 Å². The highest BCUT2D eigenvalue weighted by Gasteiger charge is 2.16. The van der Waals surface area contributed by atoms with Gasteiger partial charge in [-0.2, -0.15) is 4.98 Å². The second-order valence-corrected chi connectivity index (χ2v) is 6.89. The summed E-state index contributed by atoms with van der Waals surface area (Å²) in [6.45, 7) is 2.04. The molecule has 9 heteroatoms. The molecule has 2 aromatic heterocycles. The lowest BCUT2D eigenvalue weighted by atomic mass is 10.1. The molecule has 0 aliphatic rings. The molecule has 152 valence electrons. The number of hydrogen-bond donors (Lipinski definition) is 1. The third-order valence-corrected chi connectivity index (χ3v) is 4.72. The normalized spacial score (nSPS) is 10.9. The number of ether oxygens (including phenoxy) is 1. The van der Waals surface area contributed by atoms with Crippen LogP contribution in [-0.4, -0.2) is 16.0 Å². The molecule has 0 bridgehead atoms. The lowest BCUT2D eigenvalue weighted by Crippen LogP contribution is -2.23. The zero-order valence-corrected chi connectivity index (χ0v) is 16.6. The lowest BCUT2D eigenvalue weighted by Gasteiger charge is -2.05. The summed E-state index contributed by atoms with van der Waals surface area (Å²) in [4.78, 5) is 27.8. The molecule has 0 saturated carbocycles. The first-order valence-electron chi connectivity index (χ1n) is 9.01. The molecule has 2 aromatic carbocycles. The summed E-state index contributed by atoms with van der Waals surface area (Å²) in [7, 11) is 0. The minimum atomic E-state index is -0.517. The number of carbonyl (C=O) groups excluding carboxylic acids is 1. The maximum atomic E-state index is 12.2. The predicted octanol–water partition coefficient (Wildman–Crippen LogP) is 3.65. The third-order valence-electron chi connectivity index (χ3n) is 4.35. The van der Waals surface area contributed by atoms with Crippen LogP contribution in [0, 0.1) is 6.92 Å². The minimum absolute atomic E-state index is 0.0250. The molecule has 0 aliphatic carbocycles. The van der Waals surface area contributed by atoms with Gasteiger partial charge in [0.1, 0.15) is 11.3 Å². The van der Waals surface area contributed by atoms with Gasteiger partial charge in [-0.15, -0.1) is 0 Å². The molecule has 8 nitrogen and oxygen atoms in total. The molecule has 0 saturated heterocycles. The molecule has 4 rings (SSSR count). The largest absolute Gasteiger partial charge is 0.485 e. The van der Waals surface area contributed by atoms with Crippen molar-refractivity contribution in [2.75, 3.05) is 0 Å². The quantitative estimate of drug-likeness (QED) is 0.470. The van der Waals surface area contributed by atoms with Crippen molar-refractivity contribution in [1.82, 2.24) is 15.5 Å². The van der Waals surface area contributed by atoms with Gasteiger partial charge in [-0.05, 0) is 36.2 Å². The van der Waals surface area contributed by atoms with E-state index in [0.717, 1.165) is 16.5 Å². The second kappa shape index (κ2) is 8.38. The summed E-state index contributed by atoms with van der Waals surface area (Å²) in [6, 6.07) is 13.8. The van der Waals surface area contributed by atoms with Gasteiger partial charge < -0.3 is 19.0 Å². The van der Waals surface area contributed by atoms with E-state index in [1.807, 2.05) is 25.1 Å². The molecule has 30 heavy (non-hydrogen) atoms. The van der Waals surface area contributed by atoms with Crippen LogP contribution in [0.15, 0.2) is 62.3 Å². The molecule has 0 aliphatic heterocycles. The monoisotopic (exact) mass is 425 g/mol. The van der Waals surface area contributed by atoms with Crippen molar-refractivity contribution < 1.29 is 18.5 Å². The van der Waals surface area contributed by atoms with Crippen molar-refractivity contribution >= 4 is 28.5 Å². The van der Waals surface area contributed by atoms with E-state index >= 15 is 0 Å².